The first-order chi connectivity index (χ1) is 12.6. The Kier molecular flexibility index (Phi) is 5.22. The van der Waals surface area contributed by atoms with Gasteiger partial charge in [0.15, 0.2) is 29.8 Å². The van der Waals surface area contributed by atoms with Crippen molar-refractivity contribution in [2.75, 3.05) is 7.11 Å². The van der Waals surface area contributed by atoms with Gasteiger partial charge in [0.2, 0.25) is 0 Å². The molecule has 1 heterocycles. The highest BCUT2D eigenvalue weighted by Gasteiger charge is 2.18. The predicted molar refractivity (Wildman–Crippen MR) is 95.5 cm³/mol. The molecule has 134 valence electrons. The van der Waals surface area contributed by atoms with Crippen LogP contribution in [0.3, 0.4) is 0 Å². The average molecular weight is 353 g/mol. The van der Waals surface area contributed by atoms with Crippen LogP contribution in [0.1, 0.15) is 18.2 Å². The zero-order valence-corrected chi connectivity index (χ0v) is 14.5. The van der Waals surface area contributed by atoms with Crippen molar-refractivity contribution in [1.82, 2.24) is 4.98 Å². The molecular weight excluding hydrogens is 334 g/mol. The molecule has 0 bridgehead atoms. The third kappa shape index (κ3) is 3.85. The number of aromatic nitrogens is 1. The summed E-state index contributed by atoms with van der Waals surface area (Å²) in [6.45, 7) is 1.46. The molecular formula is C20H19NO5. The minimum absolute atomic E-state index is 0.357. The number of hydrogen-bond acceptors (Lipinski definition) is 5. The molecule has 1 N–H and O–H groups in total. The number of carboxylic acids is 1. The zero-order valence-electron chi connectivity index (χ0n) is 14.5. The number of hydrogen-bond donors (Lipinski definition) is 1. The molecule has 6 heteroatoms. The fourth-order valence-corrected chi connectivity index (χ4v) is 2.57. The van der Waals surface area contributed by atoms with E-state index in [9.17, 15) is 4.79 Å². The normalized spacial score (nSPS) is 11.8. The summed E-state index contributed by atoms with van der Waals surface area (Å²) < 4.78 is 16.3. The van der Waals surface area contributed by atoms with Gasteiger partial charge in [-0.05, 0) is 30.7 Å². The molecule has 3 aromatic rings. The molecule has 1 unspecified atom stereocenters. The Morgan fingerprint density at radius 3 is 2.65 bits per heavy atom. The van der Waals surface area contributed by atoms with Crippen LogP contribution in [0.15, 0.2) is 59.3 Å². The number of carbonyl (C=O) groups is 1. The standard InChI is InChI=1S/C20H19NO5/c1-13(20(22)23)26-17-9-8-15(11-18(17)24-2)19-16(21-12-25-19)10-14-6-4-3-5-7-14/h3-9,11-13H,10H2,1-2H3,(H,22,23). The molecule has 26 heavy (non-hydrogen) atoms. The first kappa shape index (κ1) is 17.5. The van der Waals surface area contributed by atoms with E-state index in [4.69, 9.17) is 19.0 Å². The van der Waals surface area contributed by atoms with E-state index in [0.29, 0.717) is 23.7 Å². The van der Waals surface area contributed by atoms with Gasteiger partial charge >= 0.3 is 5.97 Å². The maximum absolute atomic E-state index is 11.0. The summed E-state index contributed by atoms with van der Waals surface area (Å²) in [6, 6.07) is 15.2. The minimum Gasteiger partial charge on any atom is -0.493 e. The van der Waals surface area contributed by atoms with Crippen LogP contribution >= 0.6 is 0 Å². The van der Waals surface area contributed by atoms with Crippen molar-refractivity contribution >= 4 is 5.97 Å². The van der Waals surface area contributed by atoms with E-state index in [1.54, 1.807) is 18.2 Å². The lowest BCUT2D eigenvalue weighted by molar-refractivity contribution is -0.144. The van der Waals surface area contributed by atoms with E-state index in [2.05, 4.69) is 4.98 Å². The molecule has 0 amide bonds. The molecule has 0 spiro atoms. The summed E-state index contributed by atoms with van der Waals surface area (Å²) >= 11 is 0. The number of carboxylic acid groups (broad SMARTS) is 1. The van der Waals surface area contributed by atoms with Crippen LogP contribution < -0.4 is 9.47 Å². The number of nitrogens with zero attached hydrogens (tertiary/aromatic N) is 1. The SMILES string of the molecule is COc1cc(-c2ocnc2Cc2ccccc2)ccc1OC(C)C(=O)O. The molecule has 0 saturated heterocycles. The number of methoxy groups -OCH3 is 1. The summed E-state index contributed by atoms with van der Waals surface area (Å²) in [5.41, 5.74) is 2.72. The lowest BCUT2D eigenvalue weighted by Gasteiger charge is -2.14. The van der Waals surface area contributed by atoms with Crippen molar-refractivity contribution in [2.24, 2.45) is 0 Å². The lowest BCUT2D eigenvalue weighted by Crippen LogP contribution is -2.23. The van der Waals surface area contributed by atoms with Crippen molar-refractivity contribution in [2.45, 2.75) is 19.4 Å². The molecule has 0 fully saturated rings. The first-order valence-corrected chi connectivity index (χ1v) is 8.12. The Hall–Kier alpha value is -3.28. The van der Waals surface area contributed by atoms with Crippen LogP contribution in [0.4, 0.5) is 0 Å². The van der Waals surface area contributed by atoms with Crippen LogP contribution in [0.25, 0.3) is 11.3 Å². The number of oxazole rings is 1. The van der Waals surface area contributed by atoms with Crippen molar-refractivity contribution < 1.29 is 23.8 Å². The Bertz CT molecular complexity index is 888. The maximum atomic E-state index is 11.0. The Morgan fingerprint density at radius 2 is 1.96 bits per heavy atom. The highest BCUT2D eigenvalue weighted by atomic mass is 16.5. The summed E-state index contributed by atoms with van der Waals surface area (Å²) in [7, 11) is 1.50. The van der Waals surface area contributed by atoms with Gasteiger partial charge in [-0.15, -0.1) is 0 Å². The van der Waals surface area contributed by atoms with Gasteiger partial charge < -0.3 is 19.0 Å². The largest absolute Gasteiger partial charge is 0.493 e. The predicted octanol–water partition coefficient (Wildman–Crippen LogP) is 3.79. The highest BCUT2D eigenvalue weighted by molar-refractivity contribution is 5.72. The van der Waals surface area contributed by atoms with Gasteiger partial charge in [0.05, 0.1) is 12.8 Å². The molecule has 0 aliphatic heterocycles. The van der Waals surface area contributed by atoms with Crippen LogP contribution in [0.2, 0.25) is 0 Å². The molecule has 2 aromatic carbocycles. The first-order valence-electron chi connectivity index (χ1n) is 8.12. The minimum atomic E-state index is -1.04. The smallest absolute Gasteiger partial charge is 0.344 e. The van der Waals surface area contributed by atoms with E-state index < -0.39 is 12.1 Å². The zero-order chi connectivity index (χ0) is 18.5. The van der Waals surface area contributed by atoms with Crippen molar-refractivity contribution in [3.8, 4) is 22.8 Å². The van der Waals surface area contributed by atoms with Crippen LogP contribution in [0.5, 0.6) is 11.5 Å². The van der Waals surface area contributed by atoms with Crippen LogP contribution in [-0.2, 0) is 11.2 Å². The number of benzene rings is 2. The average Bonchev–Trinajstić information content (AvgIpc) is 3.10. The Morgan fingerprint density at radius 1 is 1.19 bits per heavy atom. The topological polar surface area (TPSA) is 81.8 Å². The lowest BCUT2D eigenvalue weighted by atomic mass is 10.0. The van der Waals surface area contributed by atoms with E-state index in [-0.39, 0.29) is 0 Å². The third-order valence-electron chi connectivity index (χ3n) is 3.93. The van der Waals surface area contributed by atoms with E-state index in [0.717, 1.165) is 16.8 Å². The number of aliphatic carboxylic acids is 1. The number of rotatable bonds is 7. The quantitative estimate of drug-likeness (QED) is 0.696. The van der Waals surface area contributed by atoms with Gasteiger partial charge in [-0.1, -0.05) is 30.3 Å². The monoisotopic (exact) mass is 353 g/mol. The summed E-state index contributed by atoms with van der Waals surface area (Å²) in [6.07, 6.45) is 1.08. The van der Waals surface area contributed by atoms with Gasteiger partial charge in [0, 0.05) is 12.0 Å². The molecule has 0 radical (unpaired) electrons. The maximum Gasteiger partial charge on any atom is 0.344 e. The summed E-state index contributed by atoms with van der Waals surface area (Å²) in [5.74, 6) is 0.384. The highest BCUT2D eigenvalue weighted by Crippen LogP contribution is 2.34. The fraction of sp³-hybridized carbons (Fsp3) is 0.200. The van der Waals surface area contributed by atoms with Gasteiger partial charge in [0.1, 0.15) is 0 Å². The molecule has 0 saturated carbocycles. The summed E-state index contributed by atoms with van der Waals surface area (Å²) in [4.78, 5) is 15.3. The molecule has 0 aliphatic rings. The molecule has 0 aliphatic carbocycles. The third-order valence-corrected chi connectivity index (χ3v) is 3.93. The van der Waals surface area contributed by atoms with Crippen molar-refractivity contribution in [1.29, 1.82) is 0 Å². The number of ether oxygens (including phenoxy) is 2. The second kappa shape index (κ2) is 7.74. The van der Waals surface area contributed by atoms with E-state index in [1.165, 1.54) is 20.4 Å². The van der Waals surface area contributed by atoms with Crippen LogP contribution in [0, 0.1) is 0 Å². The molecule has 1 aromatic heterocycles. The van der Waals surface area contributed by atoms with E-state index >= 15 is 0 Å². The second-order valence-electron chi connectivity index (χ2n) is 5.75. The molecule has 1 atom stereocenters. The Labute approximate surface area is 151 Å². The molecule has 6 nitrogen and oxygen atoms in total. The van der Waals surface area contributed by atoms with Gasteiger partial charge in [-0.3, -0.25) is 0 Å². The van der Waals surface area contributed by atoms with Gasteiger partial charge in [0.25, 0.3) is 0 Å². The van der Waals surface area contributed by atoms with Gasteiger partial charge in [-0.25, -0.2) is 9.78 Å². The van der Waals surface area contributed by atoms with Crippen molar-refractivity contribution in [3.63, 3.8) is 0 Å². The van der Waals surface area contributed by atoms with Crippen molar-refractivity contribution in [3.05, 3.63) is 66.2 Å². The Balaban J connectivity index is 1.88. The summed E-state index contributed by atoms with van der Waals surface area (Å²) in [5, 5.41) is 9.00. The van der Waals surface area contributed by atoms with E-state index in [1.807, 2.05) is 30.3 Å². The van der Waals surface area contributed by atoms with Crippen LogP contribution in [-0.4, -0.2) is 29.3 Å². The van der Waals surface area contributed by atoms with Gasteiger partial charge in [-0.2, -0.15) is 0 Å². The second-order valence-corrected chi connectivity index (χ2v) is 5.75. The fourth-order valence-electron chi connectivity index (χ4n) is 2.57. The molecule has 3 rings (SSSR count).